The summed E-state index contributed by atoms with van der Waals surface area (Å²) in [6.45, 7) is 2.58. The molecule has 0 aliphatic heterocycles. The number of fused-ring (bicyclic) bond motifs is 1. The van der Waals surface area contributed by atoms with Gasteiger partial charge in [-0.05, 0) is 12.1 Å². The summed E-state index contributed by atoms with van der Waals surface area (Å²) in [4.78, 5) is 11.9. The molecule has 0 unspecified atom stereocenters. The number of aromatic nitrogens is 2. The van der Waals surface area contributed by atoms with Crippen molar-refractivity contribution in [3.05, 3.63) is 30.1 Å². The van der Waals surface area contributed by atoms with Gasteiger partial charge < -0.3 is 28.7 Å². The van der Waals surface area contributed by atoms with Gasteiger partial charge >= 0.3 is 5.97 Å². The number of para-hydroxylation sites is 2. The van der Waals surface area contributed by atoms with Crippen LogP contribution in [0.5, 0.6) is 0 Å². The first-order valence-corrected chi connectivity index (χ1v) is 6.74. The molecule has 1 aromatic heterocycles. The number of esters is 1. The molecule has 5 heteroatoms. The first kappa shape index (κ1) is 17.5. The second-order valence-corrected chi connectivity index (χ2v) is 4.58. The van der Waals surface area contributed by atoms with Crippen LogP contribution in [-0.2, 0) is 29.5 Å². The van der Waals surface area contributed by atoms with Crippen molar-refractivity contribution in [2.75, 3.05) is 6.61 Å². The minimum Gasteiger partial charge on any atom is -1.00 e. The molecule has 2 aromatic rings. The Morgan fingerprint density at radius 3 is 2.81 bits per heavy atom. The number of hydrogen-bond donors (Lipinski definition) is 0. The average molecular weight is 398 g/mol. The van der Waals surface area contributed by atoms with E-state index in [1.165, 1.54) is 0 Å². The van der Waals surface area contributed by atoms with Crippen molar-refractivity contribution < 1.29 is 38.1 Å². The van der Waals surface area contributed by atoms with Gasteiger partial charge in [-0.15, -0.1) is 12.3 Å². The summed E-state index contributed by atoms with van der Waals surface area (Å²) >= 11 is 0. The lowest BCUT2D eigenvalue weighted by molar-refractivity contribution is -0.653. The summed E-state index contributed by atoms with van der Waals surface area (Å²) in [7, 11) is 2.02. The molecule has 0 saturated carbocycles. The molecule has 2 rings (SSSR count). The van der Waals surface area contributed by atoms with Crippen molar-refractivity contribution >= 4 is 17.0 Å². The van der Waals surface area contributed by atoms with Crippen LogP contribution in [0.3, 0.4) is 0 Å². The predicted molar refractivity (Wildman–Crippen MR) is 76.9 cm³/mol. The Hall–Kier alpha value is -1.55. The fourth-order valence-corrected chi connectivity index (χ4v) is 2.44. The van der Waals surface area contributed by atoms with E-state index < -0.39 is 0 Å². The Bertz CT molecular complexity index is 671. The van der Waals surface area contributed by atoms with E-state index in [1.54, 1.807) is 0 Å². The van der Waals surface area contributed by atoms with Gasteiger partial charge in [0.05, 0.1) is 7.05 Å². The number of ether oxygens (including phenoxy) is 1. The molecule has 0 atom stereocenters. The van der Waals surface area contributed by atoms with Crippen LogP contribution in [0, 0.1) is 12.3 Å². The average Bonchev–Trinajstić information content (AvgIpc) is 2.72. The van der Waals surface area contributed by atoms with Gasteiger partial charge in [0.15, 0.2) is 17.6 Å². The molecule has 21 heavy (non-hydrogen) atoms. The van der Waals surface area contributed by atoms with Gasteiger partial charge in [-0.25, -0.2) is 13.9 Å². The van der Waals surface area contributed by atoms with Crippen molar-refractivity contribution in [3.8, 4) is 12.3 Å². The minimum atomic E-state index is -0.253. The third kappa shape index (κ3) is 3.76. The summed E-state index contributed by atoms with van der Waals surface area (Å²) in [5, 5.41) is 0. The second kappa shape index (κ2) is 8.03. The van der Waals surface area contributed by atoms with Crippen LogP contribution < -0.4 is 28.5 Å². The van der Waals surface area contributed by atoms with E-state index in [2.05, 4.69) is 23.5 Å². The van der Waals surface area contributed by atoms with Crippen molar-refractivity contribution in [2.24, 2.45) is 7.05 Å². The van der Waals surface area contributed by atoms with Gasteiger partial charge in [-0.1, -0.05) is 19.1 Å². The Morgan fingerprint density at radius 1 is 1.43 bits per heavy atom. The Balaban J connectivity index is 0.00000220. The molecule has 0 bridgehead atoms. The third-order valence-electron chi connectivity index (χ3n) is 3.35. The molecular weight excluding hydrogens is 379 g/mol. The van der Waals surface area contributed by atoms with E-state index >= 15 is 0 Å². The smallest absolute Gasteiger partial charge is 0.348 e. The van der Waals surface area contributed by atoms with Crippen molar-refractivity contribution in [3.63, 3.8) is 0 Å². The Morgan fingerprint density at radius 2 is 2.14 bits per heavy atom. The number of halogens is 1. The fraction of sp³-hybridized carbons (Fsp3) is 0.375. The molecule has 4 nitrogen and oxygen atoms in total. The predicted octanol–water partition coefficient (Wildman–Crippen LogP) is -1.40. The molecule has 0 saturated heterocycles. The lowest BCUT2D eigenvalue weighted by Gasteiger charge is -2.03. The molecule has 0 aliphatic carbocycles. The summed E-state index contributed by atoms with van der Waals surface area (Å²) in [5.74, 6) is 3.30. The molecule has 0 spiro atoms. The molecule has 0 radical (unpaired) electrons. The number of hydrogen-bond acceptors (Lipinski definition) is 2. The molecular formula is C16H19IN2O2. The molecule has 0 amide bonds. The van der Waals surface area contributed by atoms with Crippen LogP contribution in [-0.4, -0.2) is 17.1 Å². The molecule has 1 aromatic carbocycles. The van der Waals surface area contributed by atoms with Crippen molar-refractivity contribution in [1.82, 2.24) is 4.57 Å². The second-order valence-electron chi connectivity index (χ2n) is 4.58. The maximum Gasteiger partial charge on any atom is 0.348 e. The zero-order valence-corrected chi connectivity index (χ0v) is 14.5. The van der Waals surface area contributed by atoms with Crippen LogP contribution in [0.1, 0.15) is 19.2 Å². The maximum atomic E-state index is 11.9. The van der Waals surface area contributed by atoms with Gasteiger partial charge in [0, 0.05) is 12.8 Å². The summed E-state index contributed by atoms with van der Waals surface area (Å²) in [5.41, 5.74) is 2.15. The number of carbonyl (C=O) groups excluding carboxylic acids is 1. The molecule has 0 fully saturated rings. The molecule has 1 heterocycles. The lowest BCUT2D eigenvalue weighted by atomic mass is 10.3. The summed E-state index contributed by atoms with van der Waals surface area (Å²) in [6.07, 6.45) is 6.44. The summed E-state index contributed by atoms with van der Waals surface area (Å²) < 4.78 is 9.26. The monoisotopic (exact) mass is 398 g/mol. The van der Waals surface area contributed by atoms with Crippen LogP contribution in [0.15, 0.2) is 24.3 Å². The lowest BCUT2D eigenvalue weighted by Crippen LogP contribution is -3.00. The van der Waals surface area contributed by atoms with E-state index in [1.807, 2.05) is 29.8 Å². The van der Waals surface area contributed by atoms with Crippen molar-refractivity contribution in [1.29, 1.82) is 0 Å². The Kier molecular flexibility index (Phi) is 6.69. The third-order valence-corrected chi connectivity index (χ3v) is 3.35. The maximum absolute atomic E-state index is 11.9. The van der Waals surface area contributed by atoms with Gasteiger partial charge in [-0.3, -0.25) is 0 Å². The summed E-state index contributed by atoms with van der Waals surface area (Å²) in [6, 6.07) is 8.04. The largest absolute Gasteiger partial charge is 1.00 e. The fourth-order valence-electron chi connectivity index (χ4n) is 2.44. The van der Waals surface area contributed by atoms with Gasteiger partial charge in [0.2, 0.25) is 0 Å². The van der Waals surface area contributed by atoms with Gasteiger partial charge in [0.25, 0.3) is 5.82 Å². The number of terminal acetylenes is 1. The number of carbonyl (C=O) groups is 1. The number of nitrogens with zero attached hydrogens (tertiary/aromatic N) is 2. The number of imidazole rings is 1. The quantitative estimate of drug-likeness (QED) is 0.204. The zero-order valence-electron chi connectivity index (χ0n) is 12.3. The normalized spacial score (nSPS) is 9.95. The Labute approximate surface area is 142 Å². The van der Waals surface area contributed by atoms with Crippen LogP contribution in [0.4, 0.5) is 0 Å². The van der Waals surface area contributed by atoms with E-state index in [0.29, 0.717) is 6.42 Å². The highest BCUT2D eigenvalue weighted by atomic mass is 127. The van der Waals surface area contributed by atoms with Crippen LogP contribution in [0.2, 0.25) is 0 Å². The van der Waals surface area contributed by atoms with E-state index in [0.717, 1.165) is 23.3 Å². The zero-order chi connectivity index (χ0) is 14.5. The standard InChI is InChI=1S/C16H19N2O2.HI/c1-4-6-11-20-16(19)12-18-14-10-8-7-9-13(14)17(3)15(18)5-2;/h1,7-10H,5-6,11-12H2,2-3H3;1H/q+1;/p-1. The molecule has 0 N–H and O–H groups in total. The highest BCUT2D eigenvalue weighted by Crippen LogP contribution is 2.14. The van der Waals surface area contributed by atoms with E-state index in [4.69, 9.17) is 11.2 Å². The topological polar surface area (TPSA) is 35.1 Å². The van der Waals surface area contributed by atoms with E-state index in [-0.39, 0.29) is 43.1 Å². The number of aryl methyl sites for hydroxylation is 1. The minimum absolute atomic E-state index is 0. The highest BCUT2D eigenvalue weighted by molar-refractivity contribution is 5.76. The van der Waals surface area contributed by atoms with E-state index in [9.17, 15) is 4.79 Å². The first-order chi connectivity index (χ1) is 9.69. The van der Waals surface area contributed by atoms with Gasteiger partial charge in [-0.2, -0.15) is 0 Å². The molecule has 112 valence electrons. The van der Waals surface area contributed by atoms with Crippen LogP contribution in [0.25, 0.3) is 11.0 Å². The number of benzene rings is 1. The first-order valence-electron chi connectivity index (χ1n) is 6.74. The number of rotatable bonds is 5. The molecule has 0 aliphatic rings. The van der Waals surface area contributed by atoms with Gasteiger partial charge in [0.1, 0.15) is 6.61 Å². The highest BCUT2D eigenvalue weighted by Gasteiger charge is 2.23. The SMILES string of the molecule is C#CCCOC(=O)Cn1c(CC)[n+](C)c2ccccc21.[I-]. The van der Waals surface area contributed by atoms with Crippen LogP contribution >= 0.6 is 0 Å². The van der Waals surface area contributed by atoms with Crippen molar-refractivity contribution in [2.45, 2.75) is 26.3 Å².